The minimum Gasteiger partial charge on any atom is -0.387 e. The van der Waals surface area contributed by atoms with Gasteiger partial charge in [-0.1, -0.05) is 13.8 Å². The molecule has 8 nitrogen and oxygen atoms in total. The summed E-state index contributed by atoms with van der Waals surface area (Å²) in [4.78, 5) is 23.8. The Hall–Kier alpha value is -1.84. The van der Waals surface area contributed by atoms with Gasteiger partial charge in [-0.15, -0.1) is 0 Å². The largest absolute Gasteiger partial charge is 0.387 e. The summed E-state index contributed by atoms with van der Waals surface area (Å²) in [7, 11) is -2.22. The number of carbonyl (C=O) groups excluding carboxylic acids is 1. The van der Waals surface area contributed by atoms with Crippen molar-refractivity contribution in [2.75, 3.05) is 19.5 Å². The number of methoxy groups -OCH3 is 1. The van der Waals surface area contributed by atoms with Crippen molar-refractivity contribution in [2.24, 2.45) is 40.4 Å². The lowest BCUT2D eigenvalue weighted by molar-refractivity contribution is -0.384. The molecule has 5 rings (SSSR count). The van der Waals surface area contributed by atoms with Gasteiger partial charge in [-0.05, 0) is 104 Å². The van der Waals surface area contributed by atoms with Gasteiger partial charge in [0.25, 0.3) is 5.69 Å². The first-order chi connectivity index (χ1) is 17.8. The number of Topliss-reactive ketones (excluding diaryl/α,β-unsaturated/α-hetero) is 1. The fourth-order valence-corrected chi connectivity index (χ4v) is 10.7. The molecular weight excluding hydrogens is 506 g/mol. The van der Waals surface area contributed by atoms with E-state index < -0.39 is 26.1 Å². The molecule has 0 amide bonds. The average molecular weight is 548 g/mol. The first-order valence-electron chi connectivity index (χ1n) is 14.0. The molecule has 0 heterocycles. The van der Waals surface area contributed by atoms with Crippen LogP contribution < -0.4 is 0 Å². The zero-order chi connectivity index (χ0) is 27.5. The monoisotopic (exact) mass is 547 g/mol. The maximum absolute atomic E-state index is 13.5. The molecule has 0 aliphatic heterocycles. The third kappa shape index (κ3) is 4.52. The summed E-state index contributed by atoms with van der Waals surface area (Å²) in [5.41, 5.74) is -0.915. The van der Waals surface area contributed by atoms with Gasteiger partial charge in [0.15, 0.2) is 15.6 Å². The van der Waals surface area contributed by atoms with E-state index in [-0.39, 0.29) is 33.1 Å². The number of rotatable bonds is 7. The van der Waals surface area contributed by atoms with Crippen LogP contribution in [0.3, 0.4) is 0 Å². The van der Waals surface area contributed by atoms with Crippen molar-refractivity contribution in [1.29, 1.82) is 0 Å². The highest BCUT2D eigenvalue weighted by Crippen LogP contribution is 2.68. The van der Waals surface area contributed by atoms with E-state index in [0.717, 1.165) is 57.8 Å². The predicted molar refractivity (Wildman–Crippen MR) is 142 cm³/mol. The molecule has 38 heavy (non-hydrogen) atoms. The minimum atomic E-state index is -3.87. The van der Waals surface area contributed by atoms with Gasteiger partial charge in [0.05, 0.1) is 22.0 Å². The van der Waals surface area contributed by atoms with E-state index in [9.17, 15) is 28.4 Å². The van der Waals surface area contributed by atoms with E-state index >= 15 is 0 Å². The van der Waals surface area contributed by atoms with Gasteiger partial charge in [0.1, 0.15) is 5.75 Å². The lowest BCUT2D eigenvalue weighted by atomic mass is 9.44. The number of nitro benzene ring substituents is 1. The average Bonchev–Trinajstić information content (AvgIpc) is 3.22. The number of ketones is 1. The third-order valence-corrected chi connectivity index (χ3v) is 13.0. The number of hydrogen-bond acceptors (Lipinski definition) is 7. The van der Waals surface area contributed by atoms with Crippen LogP contribution in [0.15, 0.2) is 29.2 Å². The van der Waals surface area contributed by atoms with Crippen LogP contribution in [0.4, 0.5) is 5.69 Å². The van der Waals surface area contributed by atoms with Crippen molar-refractivity contribution in [2.45, 2.75) is 82.1 Å². The number of nitro groups is 1. The predicted octanol–water partition coefficient (Wildman–Crippen LogP) is 4.97. The molecule has 4 aliphatic rings. The second kappa shape index (κ2) is 9.66. The molecule has 0 bridgehead atoms. The topological polar surface area (TPSA) is 124 Å². The lowest BCUT2D eigenvalue weighted by Gasteiger charge is -2.62. The highest BCUT2D eigenvalue weighted by Gasteiger charge is 2.62. The van der Waals surface area contributed by atoms with E-state index in [4.69, 9.17) is 4.74 Å². The van der Waals surface area contributed by atoms with Gasteiger partial charge in [-0.3, -0.25) is 14.9 Å². The van der Waals surface area contributed by atoms with E-state index in [1.165, 1.54) is 24.3 Å². The van der Waals surface area contributed by atoms with E-state index in [0.29, 0.717) is 30.3 Å². The van der Waals surface area contributed by atoms with Crippen LogP contribution in [0.25, 0.3) is 0 Å². The highest BCUT2D eigenvalue weighted by atomic mass is 32.2. The zero-order valence-electron chi connectivity index (χ0n) is 22.7. The number of nitrogens with zero attached hydrogens (tertiary/aromatic N) is 1. The van der Waals surface area contributed by atoms with Crippen molar-refractivity contribution in [3.05, 3.63) is 34.4 Å². The van der Waals surface area contributed by atoms with Gasteiger partial charge in [0.2, 0.25) is 0 Å². The Balaban J connectivity index is 1.30. The van der Waals surface area contributed by atoms with Crippen LogP contribution in [0, 0.1) is 50.5 Å². The quantitative estimate of drug-likeness (QED) is 0.377. The molecule has 0 spiro atoms. The maximum Gasteiger partial charge on any atom is 0.269 e. The van der Waals surface area contributed by atoms with Crippen LogP contribution in [-0.2, 0) is 19.4 Å². The van der Waals surface area contributed by atoms with Crippen LogP contribution in [0.1, 0.15) is 71.6 Å². The van der Waals surface area contributed by atoms with Crippen molar-refractivity contribution < 1.29 is 28.0 Å². The minimum absolute atomic E-state index is 0.0446. The Morgan fingerprint density at radius 2 is 1.71 bits per heavy atom. The number of aliphatic hydroxyl groups is 1. The molecule has 4 fully saturated rings. The molecular formula is C29H41NO7S. The second-order valence-corrected chi connectivity index (χ2v) is 15.2. The summed E-state index contributed by atoms with van der Waals surface area (Å²) in [6, 6.07) is 4.79. The van der Waals surface area contributed by atoms with Gasteiger partial charge >= 0.3 is 0 Å². The summed E-state index contributed by atoms with van der Waals surface area (Å²) in [5.74, 6) is 0.960. The van der Waals surface area contributed by atoms with E-state index in [2.05, 4.69) is 13.8 Å². The molecule has 1 aromatic rings. The maximum atomic E-state index is 13.5. The summed E-state index contributed by atoms with van der Waals surface area (Å²) in [6.07, 6.45) is 8.42. The summed E-state index contributed by atoms with van der Waals surface area (Å²) in [5, 5.41) is 22.0. The number of sulfone groups is 1. The summed E-state index contributed by atoms with van der Waals surface area (Å²) < 4.78 is 31.4. The molecule has 9 heteroatoms. The first kappa shape index (κ1) is 27.7. The van der Waals surface area contributed by atoms with Crippen molar-refractivity contribution >= 4 is 21.3 Å². The fraction of sp³-hybridized carbons (Fsp3) is 0.759. The standard InChI is InChI=1S/C29H41NO7S/c1-27-14-15-29(32,18-37-3)16-19(27)4-9-22-23-10-11-25(28(23,2)13-12-24(22)27)26(31)17-38(35,36)21-7-5-20(6-8-21)30(33)34/h5-8,19,22-25,32H,4,9-18H2,1-3H3/t19-,22-,23-,24-,25+,27-,28-,29-/m0/s1. The van der Waals surface area contributed by atoms with Gasteiger partial charge in [0, 0.05) is 25.2 Å². The molecule has 210 valence electrons. The number of ether oxygens (including phenoxy) is 1. The number of non-ortho nitro benzene ring substituents is 1. The van der Waals surface area contributed by atoms with Crippen LogP contribution >= 0.6 is 0 Å². The molecule has 1 N–H and O–H groups in total. The lowest BCUT2D eigenvalue weighted by Crippen LogP contribution is -2.57. The number of benzene rings is 1. The molecule has 1 aromatic carbocycles. The molecule has 4 saturated carbocycles. The summed E-state index contributed by atoms with van der Waals surface area (Å²) in [6.45, 7) is 5.04. The highest BCUT2D eigenvalue weighted by molar-refractivity contribution is 7.92. The number of fused-ring (bicyclic) bond motifs is 5. The molecule has 0 aromatic heterocycles. The smallest absolute Gasteiger partial charge is 0.269 e. The molecule has 0 unspecified atom stereocenters. The Bertz CT molecular complexity index is 1200. The molecule has 8 atom stereocenters. The van der Waals surface area contributed by atoms with Gasteiger partial charge in [-0.2, -0.15) is 0 Å². The molecule has 0 radical (unpaired) electrons. The number of hydrogen-bond donors (Lipinski definition) is 1. The molecule has 0 saturated heterocycles. The Morgan fingerprint density at radius 3 is 2.37 bits per heavy atom. The van der Waals surface area contributed by atoms with Crippen LogP contribution in [0.5, 0.6) is 0 Å². The second-order valence-electron chi connectivity index (χ2n) is 13.2. The Morgan fingerprint density at radius 1 is 1.03 bits per heavy atom. The van der Waals surface area contributed by atoms with Gasteiger partial charge < -0.3 is 9.84 Å². The van der Waals surface area contributed by atoms with Crippen molar-refractivity contribution in [3.63, 3.8) is 0 Å². The third-order valence-electron chi connectivity index (χ3n) is 11.4. The van der Waals surface area contributed by atoms with E-state index in [1.807, 2.05) is 0 Å². The molecule has 4 aliphatic carbocycles. The van der Waals surface area contributed by atoms with Crippen LogP contribution in [-0.4, -0.2) is 49.3 Å². The van der Waals surface area contributed by atoms with Crippen molar-refractivity contribution in [3.8, 4) is 0 Å². The van der Waals surface area contributed by atoms with Crippen LogP contribution in [0.2, 0.25) is 0 Å². The van der Waals surface area contributed by atoms with E-state index in [1.54, 1.807) is 7.11 Å². The fourth-order valence-electron chi connectivity index (χ4n) is 9.40. The Labute approximate surface area is 225 Å². The normalized spacial score (nSPS) is 40.6. The first-order valence-corrected chi connectivity index (χ1v) is 15.7. The van der Waals surface area contributed by atoms with Crippen molar-refractivity contribution in [1.82, 2.24) is 0 Å². The zero-order valence-corrected chi connectivity index (χ0v) is 23.5. The SMILES string of the molecule is COC[C@]1(O)CC[C@@]2(C)[C@@H](CC[C@@H]3[C@@H]2CC[C@]2(C)[C@@H](C(=O)CS(=O)(=O)c4ccc([N+](=O)[O-])cc4)CC[C@@H]32)C1. The summed E-state index contributed by atoms with van der Waals surface area (Å²) >= 11 is 0. The van der Waals surface area contributed by atoms with Gasteiger partial charge in [-0.25, -0.2) is 8.42 Å². The Kier molecular flexibility index (Phi) is 7.05. The number of carbonyl (C=O) groups is 1.